The Hall–Kier alpha value is -2.11. The third-order valence-electron chi connectivity index (χ3n) is 4.16. The van der Waals surface area contributed by atoms with Gasteiger partial charge in [-0.3, -0.25) is 9.69 Å². The highest BCUT2D eigenvalue weighted by atomic mass is 35.5. The first-order valence-electron chi connectivity index (χ1n) is 8.17. The predicted octanol–water partition coefficient (Wildman–Crippen LogP) is 4.09. The van der Waals surface area contributed by atoms with E-state index in [1.165, 1.54) is 18.2 Å². The van der Waals surface area contributed by atoms with Crippen molar-refractivity contribution in [2.24, 2.45) is 0 Å². The molecule has 2 aromatic rings. The number of carbonyl (C=O) groups excluding carboxylic acids is 1. The Morgan fingerprint density at radius 2 is 2.00 bits per heavy atom. The van der Waals surface area contributed by atoms with Gasteiger partial charge in [0.05, 0.1) is 24.4 Å². The maximum Gasteiger partial charge on any atom is 0.238 e. The van der Waals surface area contributed by atoms with E-state index in [0.717, 1.165) is 24.2 Å². The quantitative estimate of drug-likeness (QED) is 0.806. The largest absolute Gasteiger partial charge is 0.497 e. The van der Waals surface area contributed by atoms with E-state index in [1.54, 1.807) is 7.11 Å². The van der Waals surface area contributed by atoms with Crippen molar-refractivity contribution >= 4 is 23.2 Å². The third-order valence-corrected chi connectivity index (χ3v) is 4.47. The van der Waals surface area contributed by atoms with Gasteiger partial charge in [0.15, 0.2) is 0 Å². The van der Waals surface area contributed by atoms with Crippen LogP contribution in [-0.2, 0) is 11.3 Å². The van der Waals surface area contributed by atoms with E-state index < -0.39 is 5.82 Å². The smallest absolute Gasteiger partial charge is 0.238 e. The van der Waals surface area contributed by atoms with Crippen LogP contribution < -0.4 is 10.1 Å². The normalized spacial score (nSPS) is 13.8. The Labute approximate surface area is 151 Å². The van der Waals surface area contributed by atoms with Crippen LogP contribution in [0.15, 0.2) is 42.5 Å². The van der Waals surface area contributed by atoms with Gasteiger partial charge in [0.25, 0.3) is 0 Å². The molecule has 0 heterocycles. The van der Waals surface area contributed by atoms with E-state index >= 15 is 0 Å². The van der Waals surface area contributed by atoms with E-state index in [1.807, 2.05) is 24.3 Å². The van der Waals surface area contributed by atoms with Gasteiger partial charge in [-0.1, -0.05) is 23.7 Å². The van der Waals surface area contributed by atoms with E-state index in [-0.39, 0.29) is 17.5 Å². The van der Waals surface area contributed by atoms with E-state index in [9.17, 15) is 9.18 Å². The summed E-state index contributed by atoms with van der Waals surface area (Å²) >= 11 is 5.96. The third kappa shape index (κ3) is 4.94. The average molecular weight is 363 g/mol. The fourth-order valence-corrected chi connectivity index (χ4v) is 2.90. The highest BCUT2D eigenvalue weighted by Crippen LogP contribution is 2.29. The summed E-state index contributed by atoms with van der Waals surface area (Å²) in [6.45, 7) is 0.962. The summed E-state index contributed by atoms with van der Waals surface area (Å²) in [5, 5.41) is 2.95. The van der Waals surface area contributed by atoms with Crippen LogP contribution in [0.5, 0.6) is 5.75 Å². The van der Waals surface area contributed by atoms with Gasteiger partial charge in [0.2, 0.25) is 5.91 Å². The number of anilines is 1. The average Bonchev–Trinajstić information content (AvgIpc) is 3.42. The topological polar surface area (TPSA) is 41.6 Å². The number of hydrogen-bond acceptors (Lipinski definition) is 3. The minimum Gasteiger partial charge on any atom is -0.497 e. The standard InChI is InChI=1S/C19H20ClFN2O2/c1-25-16-7-2-13(3-8-16)11-23(15-5-6-15)12-19(24)22-18-9-4-14(21)10-17(18)20/h2-4,7-10,15H,5-6,11-12H2,1H3,(H,22,24). The maximum atomic E-state index is 13.1. The number of rotatable bonds is 7. The van der Waals surface area contributed by atoms with Crippen LogP contribution in [0.4, 0.5) is 10.1 Å². The summed E-state index contributed by atoms with van der Waals surface area (Å²) in [6.07, 6.45) is 2.20. The lowest BCUT2D eigenvalue weighted by atomic mass is 10.2. The molecule has 1 saturated carbocycles. The van der Waals surface area contributed by atoms with Crippen molar-refractivity contribution in [3.8, 4) is 5.75 Å². The molecule has 1 amide bonds. The predicted molar refractivity (Wildman–Crippen MR) is 96.5 cm³/mol. The number of ether oxygens (including phenoxy) is 1. The summed E-state index contributed by atoms with van der Waals surface area (Å²) in [4.78, 5) is 14.5. The maximum absolute atomic E-state index is 13.1. The van der Waals surface area contributed by atoms with Crippen LogP contribution in [0, 0.1) is 5.82 Å². The molecule has 0 atom stereocenters. The first kappa shape index (κ1) is 17.7. The minimum atomic E-state index is -0.429. The zero-order chi connectivity index (χ0) is 17.8. The highest BCUT2D eigenvalue weighted by molar-refractivity contribution is 6.33. The Kier molecular flexibility index (Phi) is 5.56. The summed E-state index contributed by atoms with van der Waals surface area (Å²) in [5.74, 6) is 0.224. The second-order valence-electron chi connectivity index (χ2n) is 6.16. The summed E-state index contributed by atoms with van der Waals surface area (Å²) in [7, 11) is 1.64. The van der Waals surface area contributed by atoms with Gasteiger partial charge in [-0.05, 0) is 48.7 Å². The van der Waals surface area contributed by atoms with E-state index in [0.29, 0.717) is 18.3 Å². The molecule has 0 aliphatic heterocycles. The van der Waals surface area contributed by atoms with Crippen molar-refractivity contribution in [2.75, 3.05) is 19.0 Å². The van der Waals surface area contributed by atoms with E-state index in [2.05, 4.69) is 10.2 Å². The number of nitrogens with zero attached hydrogens (tertiary/aromatic N) is 1. The Morgan fingerprint density at radius 1 is 1.28 bits per heavy atom. The zero-order valence-electron chi connectivity index (χ0n) is 14.0. The van der Waals surface area contributed by atoms with Gasteiger partial charge in [-0.15, -0.1) is 0 Å². The van der Waals surface area contributed by atoms with Gasteiger partial charge in [0.1, 0.15) is 11.6 Å². The van der Waals surface area contributed by atoms with Gasteiger partial charge < -0.3 is 10.1 Å². The fraction of sp³-hybridized carbons (Fsp3) is 0.316. The van der Waals surface area contributed by atoms with Gasteiger partial charge in [-0.25, -0.2) is 4.39 Å². The molecule has 0 spiro atoms. The molecule has 4 nitrogen and oxygen atoms in total. The SMILES string of the molecule is COc1ccc(CN(CC(=O)Nc2ccc(F)cc2Cl)C2CC2)cc1. The van der Waals surface area contributed by atoms with Crippen LogP contribution in [0.1, 0.15) is 18.4 Å². The number of hydrogen-bond donors (Lipinski definition) is 1. The monoisotopic (exact) mass is 362 g/mol. The van der Waals surface area contributed by atoms with Crippen molar-refractivity contribution in [3.05, 3.63) is 58.9 Å². The van der Waals surface area contributed by atoms with Gasteiger partial charge in [0, 0.05) is 12.6 Å². The first-order valence-corrected chi connectivity index (χ1v) is 8.55. The number of carbonyl (C=O) groups is 1. The molecule has 0 unspecified atom stereocenters. The van der Waals surface area contributed by atoms with Crippen LogP contribution in [0.25, 0.3) is 0 Å². The fourth-order valence-electron chi connectivity index (χ4n) is 2.68. The molecule has 1 aliphatic carbocycles. The lowest BCUT2D eigenvalue weighted by molar-refractivity contribution is -0.117. The molecular formula is C19H20ClFN2O2. The Balaban J connectivity index is 1.62. The Bertz CT molecular complexity index is 748. The van der Waals surface area contributed by atoms with Crippen molar-refractivity contribution in [1.82, 2.24) is 4.90 Å². The van der Waals surface area contributed by atoms with E-state index in [4.69, 9.17) is 16.3 Å². The first-order chi connectivity index (χ1) is 12.0. The van der Waals surface area contributed by atoms with Crippen LogP contribution in [0.3, 0.4) is 0 Å². The molecule has 25 heavy (non-hydrogen) atoms. The lowest BCUT2D eigenvalue weighted by Crippen LogP contribution is -2.34. The molecule has 1 aliphatic rings. The molecule has 0 aromatic heterocycles. The van der Waals surface area contributed by atoms with Crippen LogP contribution in [0.2, 0.25) is 5.02 Å². The number of benzene rings is 2. The molecule has 0 bridgehead atoms. The summed E-state index contributed by atoms with van der Waals surface area (Å²) in [5.41, 5.74) is 1.55. The molecular weight excluding hydrogens is 343 g/mol. The number of halogens is 2. The van der Waals surface area contributed by atoms with Crippen LogP contribution in [-0.4, -0.2) is 30.5 Å². The zero-order valence-corrected chi connectivity index (χ0v) is 14.7. The highest BCUT2D eigenvalue weighted by Gasteiger charge is 2.30. The Morgan fingerprint density at radius 3 is 2.60 bits per heavy atom. The number of methoxy groups -OCH3 is 1. The lowest BCUT2D eigenvalue weighted by Gasteiger charge is -2.21. The summed E-state index contributed by atoms with van der Waals surface area (Å²) < 4.78 is 18.3. The second kappa shape index (κ2) is 7.85. The number of amides is 1. The number of nitrogens with one attached hydrogen (secondary N) is 1. The minimum absolute atomic E-state index is 0.158. The van der Waals surface area contributed by atoms with Crippen molar-refractivity contribution in [2.45, 2.75) is 25.4 Å². The van der Waals surface area contributed by atoms with Gasteiger partial charge in [-0.2, -0.15) is 0 Å². The van der Waals surface area contributed by atoms with Crippen molar-refractivity contribution < 1.29 is 13.9 Å². The van der Waals surface area contributed by atoms with Crippen LogP contribution >= 0.6 is 11.6 Å². The van der Waals surface area contributed by atoms with Crippen molar-refractivity contribution in [3.63, 3.8) is 0 Å². The molecule has 1 fully saturated rings. The van der Waals surface area contributed by atoms with Gasteiger partial charge >= 0.3 is 0 Å². The molecule has 6 heteroatoms. The molecule has 0 saturated heterocycles. The summed E-state index contributed by atoms with van der Waals surface area (Å²) in [6, 6.07) is 12.2. The molecule has 3 rings (SSSR count). The molecule has 2 aromatic carbocycles. The second-order valence-corrected chi connectivity index (χ2v) is 6.56. The molecule has 1 N–H and O–H groups in total. The molecule has 0 radical (unpaired) electrons. The molecule has 132 valence electrons. The van der Waals surface area contributed by atoms with Crippen molar-refractivity contribution in [1.29, 1.82) is 0 Å².